The Hall–Kier alpha value is -5.71. The van der Waals surface area contributed by atoms with E-state index in [1.165, 1.54) is 23.1 Å². The summed E-state index contributed by atoms with van der Waals surface area (Å²) in [4.78, 5) is 76.5. The molecule has 7 rings (SSSR count). The van der Waals surface area contributed by atoms with Crippen molar-refractivity contribution in [1.82, 2.24) is 25.2 Å². The Morgan fingerprint density at radius 3 is 2.49 bits per heavy atom. The van der Waals surface area contributed by atoms with Gasteiger partial charge in [0.2, 0.25) is 27.7 Å². The van der Waals surface area contributed by atoms with E-state index in [1.807, 2.05) is 32.1 Å². The van der Waals surface area contributed by atoms with Gasteiger partial charge in [0, 0.05) is 35.7 Å². The maximum atomic E-state index is 14.7. The zero-order valence-corrected chi connectivity index (χ0v) is 35.9. The number of nitrogens with zero attached hydrogens (tertiary/aromatic N) is 3. The number of aromatic nitrogens is 1. The summed E-state index contributed by atoms with van der Waals surface area (Å²) in [6.45, 7) is 5.36. The van der Waals surface area contributed by atoms with Gasteiger partial charge in [-0.2, -0.15) is 0 Å². The van der Waals surface area contributed by atoms with Gasteiger partial charge in [0.15, 0.2) is 0 Å². The molecule has 2 saturated carbocycles. The average molecular weight is 859 g/mol. The maximum Gasteiger partial charge on any atom is 0.405 e. The summed E-state index contributed by atoms with van der Waals surface area (Å²) in [7, 11) is -0.883. The number of nitrogens with one attached hydrogen (secondary N) is 3. The van der Waals surface area contributed by atoms with E-state index in [1.54, 1.807) is 56.4 Å². The Bertz CT molecular complexity index is 2350. The van der Waals surface area contributed by atoms with Crippen molar-refractivity contribution in [3.05, 3.63) is 72.4 Å². The van der Waals surface area contributed by atoms with Gasteiger partial charge in [0.05, 0.1) is 30.3 Å². The minimum Gasteiger partial charge on any atom is -0.497 e. The number of carbonyl (C=O) groups excluding carboxylic acids is 4. The van der Waals surface area contributed by atoms with Gasteiger partial charge in [-0.15, -0.1) is 0 Å². The van der Waals surface area contributed by atoms with E-state index in [-0.39, 0.29) is 37.1 Å². The van der Waals surface area contributed by atoms with E-state index in [4.69, 9.17) is 9.47 Å². The molecule has 2 aromatic carbocycles. The van der Waals surface area contributed by atoms with Crippen molar-refractivity contribution in [3.63, 3.8) is 0 Å². The maximum absolute atomic E-state index is 14.7. The monoisotopic (exact) mass is 858 g/mol. The first-order chi connectivity index (χ1) is 29.0. The molecule has 3 heterocycles. The molecule has 0 bridgehead atoms. The van der Waals surface area contributed by atoms with Crippen LogP contribution >= 0.6 is 0 Å². The number of hydrogen-bond acceptors (Lipinski definition) is 10. The number of pyridine rings is 1. The molecule has 1 aromatic heterocycles. The number of methoxy groups -OCH3 is 1. The molecular formula is C44H54N6O10S. The summed E-state index contributed by atoms with van der Waals surface area (Å²) in [5.41, 5.74) is -0.646. The lowest BCUT2D eigenvalue weighted by Crippen LogP contribution is -2.59. The highest BCUT2D eigenvalue weighted by Crippen LogP contribution is 2.48. The average Bonchev–Trinajstić information content (AvgIpc) is 4.12. The summed E-state index contributed by atoms with van der Waals surface area (Å²) in [5.74, 6) is -2.57. The smallest absolute Gasteiger partial charge is 0.405 e. The van der Waals surface area contributed by atoms with Crippen molar-refractivity contribution in [2.24, 2.45) is 17.8 Å². The van der Waals surface area contributed by atoms with E-state index < -0.39 is 74.1 Å². The molecule has 2 aliphatic carbocycles. The van der Waals surface area contributed by atoms with Crippen LogP contribution < -0.4 is 29.7 Å². The van der Waals surface area contributed by atoms with Crippen molar-refractivity contribution in [1.29, 1.82) is 0 Å². The molecule has 0 spiro atoms. The number of carboxylic acid groups (broad SMARTS) is 1. The summed E-state index contributed by atoms with van der Waals surface area (Å²) in [6, 6.07) is 11.6. The van der Waals surface area contributed by atoms with Gasteiger partial charge >= 0.3 is 6.09 Å². The molecule has 0 radical (unpaired) electrons. The zero-order valence-electron chi connectivity index (χ0n) is 35.1. The van der Waals surface area contributed by atoms with Crippen molar-refractivity contribution in [2.45, 2.75) is 101 Å². The van der Waals surface area contributed by atoms with Crippen LogP contribution in [0.25, 0.3) is 10.8 Å². The number of allylic oxidation sites excluding steroid dienone is 1. The molecule has 61 heavy (non-hydrogen) atoms. The third-order valence-electron chi connectivity index (χ3n) is 12.9. The fourth-order valence-corrected chi connectivity index (χ4v) is 9.97. The van der Waals surface area contributed by atoms with Crippen LogP contribution in [0, 0.1) is 17.8 Å². The molecule has 4 aliphatic rings. The van der Waals surface area contributed by atoms with Crippen molar-refractivity contribution < 1.29 is 47.0 Å². The molecule has 17 heteroatoms. The van der Waals surface area contributed by atoms with Crippen LogP contribution in [-0.2, 0) is 24.4 Å². The second kappa shape index (κ2) is 17.0. The lowest BCUT2D eigenvalue weighted by Gasteiger charge is -2.33. The first-order valence-electron chi connectivity index (χ1n) is 20.8. The number of benzene rings is 2. The number of anilines is 1. The van der Waals surface area contributed by atoms with Crippen LogP contribution in [0.15, 0.2) is 66.9 Å². The predicted molar refractivity (Wildman–Crippen MR) is 227 cm³/mol. The van der Waals surface area contributed by atoms with Crippen LogP contribution in [-0.4, -0.2) is 102 Å². The van der Waals surface area contributed by atoms with Gasteiger partial charge in [-0.3, -0.25) is 23.9 Å². The number of ether oxygens (including phenoxy) is 2. The highest BCUT2D eigenvalue weighted by Gasteiger charge is 2.63. The third-order valence-corrected chi connectivity index (χ3v) is 15.0. The van der Waals surface area contributed by atoms with Gasteiger partial charge in [0.25, 0.3) is 11.8 Å². The predicted octanol–water partition coefficient (Wildman–Crippen LogP) is 4.78. The lowest BCUT2D eigenvalue weighted by molar-refractivity contribution is -0.142. The fraction of sp³-hybridized carbons (Fsp3) is 0.500. The van der Waals surface area contributed by atoms with Crippen molar-refractivity contribution in [2.75, 3.05) is 25.6 Å². The Labute approximate surface area is 355 Å². The molecule has 0 unspecified atom stereocenters. The van der Waals surface area contributed by atoms with Crippen molar-refractivity contribution in [3.8, 4) is 11.6 Å². The Morgan fingerprint density at radius 1 is 1.08 bits per heavy atom. The highest BCUT2D eigenvalue weighted by molar-refractivity contribution is 7.91. The van der Waals surface area contributed by atoms with E-state index in [9.17, 15) is 37.5 Å². The Morgan fingerprint density at radius 2 is 1.82 bits per heavy atom. The normalized spacial score (nSPS) is 27.3. The van der Waals surface area contributed by atoms with Crippen LogP contribution in [0.3, 0.4) is 0 Å². The van der Waals surface area contributed by atoms with Crippen LogP contribution in [0.2, 0.25) is 0 Å². The molecule has 326 valence electrons. The van der Waals surface area contributed by atoms with E-state index in [0.717, 1.165) is 6.42 Å². The molecule has 3 aromatic rings. The zero-order chi connectivity index (χ0) is 43.9. The summed E-state index contributed by atoms with van der Waals surface area (Å²) in [5, 5.41) is 16.4. The molecular weight excluding hydrogens is 805 g/mol. The molecule has 7 atom stereocenters. The van der Waals surface area contributed by atoms with Crippen LogP contribution in [0.4, 0.5) is 10.5 Å². The number of fused-ring (bicyclic) bond motifs is 3. The molecule has 16 nitrogen and oxygen atoms in total. The minimum atomic E-state index is -4.04. The van der Waals surface area contributed by atoms with Gasteiger partial charge in [0.1, 0.15) is 29.5 Å². The number of rotatable bonds is 10. The van der Waals surface area contributed by atoms with Crippen molar-refractivity contribution >= 4 is 56.2 Å². The van der Waals surface area contributed by atoms with Crippen LogP contribution in [0.5, 0.6) is 11.6 Å². The highest BCUT2D eigenvalue weighted by atomic mass is 32.2. The van der Waals surface area contributed by atoms with E-state index in [2.05, 4.69) is 20.3 Å². The third kappa shape index (κ3) is 8.74. The van der Waals surface area contributed by atoms with Gasteiger partial charge in [-0.05, 0) is 87.6 Å². The molecule has 2 aliphatic heterocycles. The molecule has 5 amide bonds. The summed E-state index contributed by atoms with van der Waals surface area (Å²) in [6.07, 6.45) is 6.30. The number of amides is 5. The number of hydrogen-bond donors (Lipinski definition) is 4. The molecule has 4 N–H and O–H groups in total. The first-order valence-corrected chi connectivity index (χ1v) is 22.3. The molecule has 3 fully saturated rings. The topological polar surface area (TPSA) is 214 Å². The molecule has 1 saturated heterocycles. The quantitative estimate of drug-likeness (QED) is 0.204. The number of carbonyl (C=O) groups is 5. The van der Waals surface area contributed by atoms with Gasteiger partial charge in [-0.25, -0.2) is 18.2 Å². The SMILES string of the molecule is CC[C@@H]1C[C@H](C)CCC=C[C@@H]2C[C@@]2(C(=O)NS(=O)(=O)C2(C)CC2)NC(=O)[C@@H]2C[C@@H](Oc3ncc(N(C)C(=O)c4ccccc4)c4cc(OC)ccc34)CN2C(=O)[C@H]1NC(=O)O. The fourth-order valence-electron chi connectivity index (χ4n) is 8.66. The standard InChI is InChI=1S/C44H54N6O10S/c1-6-27-20-26(2)12-10-11-15-29-23-44(29,41(54)48-61(57,58)43(3)18-19-43)47-37(51)34-22-31(25-50(34)40(53)36(27)46-42(55)56)60-38-32-17-16-30(59-5)21-33(32)35(24-45-38)49(4)39(52)28-13-8-7-9-14-28/h7-9,11,13-17,21,24,26-27,29,31,34,36,46H,6,10,12,18-20,22-23,25H2,1-5H3,(H,47,51)(H,48,54)(H,55,56)/t26-,27-,29-,31-,34+,36+,44-/m1/s1. The second-order valence-corrected chi connectivity index (χ2v) is 19.4. The lowest BCUT2D eigenvalue weighted by atomic mass is 9.85. The summed E-state index contributed by atoms with van der Waals surface area (Å²) >= 11 is 0. The first kappa shape index (κ1) is 43.4. The van der Waals surface area contributed by atoms with E-state index in [0.29, 0.717) is 59.9 Å². The number of sulfonamides is 1. The second-order valence-electron chi connectivity index (χ2n) is 17.2. The minimum absolute atomic E-state index is 0.0629. The Kier molecular flexibility index (Phi) is 12.1. The van der Waals surface area contributed by atoms with E-state index >= 15 is 0 Å². The van der Waals surface area contributed by atoms with Gasteiger partial charge in [-0.1, -0.05) is 50.6 Å². The largest absolute Gasteiger partial charge is 0.497 e. The summed E-state index contributed by atoms with van der Waals surface area (Å²) < 4.78 is 39.7. The van der Waals surface area contributed by atoms with Gasteiger partial charge < -0.3 is 35.0 Å². The Balaban J connectivity index is 1.24. The van der Waals surface area contributed by atoms with Crippen LogP contribution in [0.1, 0.15) is 82.5 Å².